The minimum atomic E-state index is 0.0871. The Morgan fingerprint density at radius 2 is 2.58 bits per heavy atom. The van der Waals surface area contributed by atoms with Gasteiger partial charge in [0.15, 0.2) is 0 Å². The van der Waals surface area contributed by atoms with E-state index in [1.54, 1.807) is 12.3 Å². The molecule has 3 N–H and O–H groups in total. The highest BCUT2D eigenvalue weighted by Crippen LogP contribution is 2.01. The summed E-state index contributed by atoms with van der Waals surface area (Å²) in [6, 6.07) is 0. The predicted octanol–water partition coefficient (Wildman–Crippen LogP) is 1.91. The van der Waals surface area contributed by atoms with Crippen molar-refractivity contribution in [1.82, 2.24) is 9.97 Å². The van der Waals surface area contributed by atoms with Gasteiger partial charge in [-0.3, -0.25) is 5.41 Å². The SMILES string of the molecule is Cc1cnc(/C=C\C(=N)SO)[nH]1. The van der Waals surface area contributed by atoms with Crippen LogP contribution >= 0.6 is 12.0 Å². The van der Waals surface area contributed by atoms with E-state index in [1.165, 1.54) is 6.08 Å². The Balaban J connectivity index is 2.63. The van der Waals surface area contributed by atoms with E-state index in [-0.39, 0.29) is 5.04 Å². The van der Waals surface area contributed by atoms with Crippen LogP contribution in [0.4, 0.5) is 0 Å². The zero-order valence-electron chi connectivity index (χ0n) is 6.53. The zero-order valence-corrected chi connectivity index (χ0v) is 7.35. The summed E-state index contributed by atoms with van der Waals surface area (Å²) in [5, 5.41) is 7.17. The number of rotatable bonds is 2. The van der Waals surface area contributed by atoms with Crippen LogP contribution in [0.2, 0.25) is 0 Å². The van der Waals surface area contributed by atoms with Gasteiger partial charge >= 0.3 is 0 Å². The molecule has 5 heteroatoms. The van der Waals surface area contributed by atoms with E-state index in [2.05, 4.69) is 9.97 Å². The van der Waals surface area contributed by atoms with Crippen LogP contribution in [0.25, 0.3) is 6.08 Å². The number of aromatic nitrogens is 2. The number of nitrogens with zero attached hydrogens (tertiary/aromatic N) is 1. The molecule has 0 spiro atoms. The van der Waals surface area contributed by atoms with E-state index in [0.717, 1.165) is 5.69 Å². The van der Waals surface area contributed by atoms with Crippen molar-refractivity contribution in [2.45, 2.75) is 6.92 Å². The van der Waals surface area contributed by atoms with E-state index in [9.17, 15) is 0 Å². The van der Waals surface area contributed by atoms with Crippen molar-refractivity contribution in [3.8, 4) is 0 Å². The molecule has 0 bridgehead atoms. The fourth-order valence-corrected chi connectivity index (χ4v) is 0.832. The van der Waals surface area contributed by atoms with E-state index in [4.69, 9.17) is 9.96 Å². The Morgan fingerprint density at radius 3 is 3.08 bits per heavy atom. The standard InChI is InChI=1S/C7H9N3OS/c1-5-4-9-7(10-5)3-2-6(8)12-11/h2-4,8,11H,1H3,(H,9,10)/b3-2-,8-6?. The summed E-state index contributed by atoms with van der Waals surface area (Å²) < 4.78 is 8.43. The smallest absolute Gasteiger partial charge is 0.130 e. The van der Waals surface area contributed by atoms with E-state index >= 15 is 0 Å². The van der Waals surface area contributed by atoms with Gasteiger partial charge < -0.3 is 9.54 Å². The topological polar surface area (TPSA) is 72.8 Å². The molecule has 0 fully saturated rings. The van der Waals surface area contributed by atoms with Gasteiger partial charge in [0.2, 0.25) is 0 Å². The van der Waals surface area contributed by atoms with Gasteiger partial charge in [-0.15, -0.1) is 0 Å². The van der Waals surface area contributed by atoms with E-state index < -0.39 is 0 Å². The quantitative estimate of drug-likeness (QED) is 0.372. The zero-order chi connectivity index (χ0) is 8.97. The maximum absolute atomic E-state index is 8.43. The number of imidazole rings is 1. The lowest BCUT2D eigenvalue weighted by Gasteiger charge is -1.86. The van der Waals surface area contributed by atoms with Crippen LogP contribution in [0.5, 0.6) is 0 Å². The van der Waals surface area contributed by atoms with Gasteiger partial charge in [0.1, 0.15) is 10.9 Å². The monoisotopic (exact) mass is 183 g/mol. The lowest BCUT2D eigenvalue weighted by atomic mass is 10.5. The van der Waals surface area contributed by atoms with E-state index in [1.807, 2.05) is 6.92 Å². The lowest BCUT2D eigenvalue weighted by molar-refractivity contribution is 0.673. The second-order valence-corrected chi connectivity index (χ2v) is 2.86. The fourth-order valence-electron chi connectivity index (χ4n) is 0.703. The van der Waals surface area contributed by atoms with Gasteiger partial charge in [0.25, 0.3) is 0 Å². The molecule has 1 rings (SSSR count). The Hall–Kier alpha value is -1.07. The summed E-state index contributed by atoms with van der Waals surface area (Å²) in [4.78, 5) is 6.96. The van der Waals surface area contributed by atoms with Crippen LogP contribution in [0.3, 0.4) is 0 Å². The van der Waals surface area contributed by atoms with Gasteiger partial charge in [-0.25, -0.2) is 4.98 Å². The number of nitrogens with one attached hydrogen (secondary N) is 2. The Labute approximate surface area is 74.4 Å². The summed E-state index contributed by atoms with van der Waals surface area (Å²) in [7, 11) is 0. The van der Waals surface area contributed by atoms with Crippen molar-refractivity contribution in [2.75, 3.05) is 0 Å². The van der Waals surface area contributed by atoms with Crippen LogP contribution < -0.4 is 0 Å². The average molecular weight is 183 g/mol. The molecular formula is C7H9N3OS. The first-order valence-electron chi connectivity index (χ1n) is 3.32. The molecule has 0 amide bonds. The summed E-state index contributed by atoms with van der Waals surface area (Å²) in [5.74, 6) is 0.686. The second-order valence-electron chi connectivity index (χ2n) is 2.24. The van der Waals surface area contributed by atoms with Gasteiger partial charge in [-0.05, 0) is 19.1 Å². The van der Waals surface area contributed by atoms with Crippen LogP contribution in [0.1, 0.15) is 11.5 Å². The van der Waals surface area contributed by atoms with Crippen LogP contribution in [0.15, 0.2) is 12.3 Å². The average Bonchev–Trinajstić information content (AvgIpc) is 2.47. The summed E-state index contributed by atoms with van der Waals surface area (Å²) in [6.07, 6.45) is 4.82. The fraction of sp³-hybridized carbons (Fsp3) is 0.143. The summed E-state index contributed by atoms with van der Waals surface area (Å²) in [5.41, 5.74) is 0.970. The third-order valence-electron chi connectivity index (χ3n) is 1.21. The summed E-state index contributed by atoms with van der Waals surface area (Å²) >= 11 is 0.406. The molecule has 0 radical (unpaired) electrons. The Morgan fingerprint density at radius 1 is 1.83 bits per heavy atom. The molecule has 1 heterocycles. The van der Waals surface area contributed by atoms with Crippen molar-refractivity contribution in [2.24, 2.45) is 0 Å². The lowest BCUT2D eigenvalue weighted by Crippen LogP contribution is -1.81. The Kier molecular flexibility index (Phi) is 3.07. The molecule has 0 aliphatic rings. The van der Waals surface area contributed by atoms with Crippen molar-refractivity contribution >= 4 is 23.2 Å². The second kappa shape index (κ2) is 4.08. The maximum atomic E-state index is 8.43. The molecular weight excluding hydrogens is 174 g/mol. The van der Waals surface area contributed by atoms with Gasteiger partial charge in [-0.2, -0.15) is 0 Å². The molecule has 0 aliphatic heterocycles. The molecule has 64 valence electrons. The highest BCUT2D eigenvalue weighted by Gasteiger charge is 1.92. The van der Waals surface area contributed by atoms with Gasteiger partial charge in [0.05, 0.1) is 0 Å². The summed E-state index contributed by atoms with van der Waals surface area (Å²) in [6.45, 7) is 1.90. The Bertz CT molecular complexity index is 305. The number of aryl methyl sites for hydroxylation is 1. The van der Waals surface area contributed by atoms with Crippen molar-refractivity contribution in [1.29, 1.82) is 5.41 Å². The molecule has 1 aromatic rings. The third kappa shape index (κ3) is 2.52. The van der Waals surface area contributed by atoms with Gasteiger partial charge in [-0.1, -0.05) is 0 Å². The maximum Gasteiger partial charge on any atom is 0.130 e. The molecule has 12 heavy (non-hydrogen) atoms. The number of H-pyrrole nitrogens is 1. The third-order valence-corrected chi connectivity index (χ3v) is 1.55. The van der Waals surface area contributed by atoms with Crippen LogP contribution in [-0.2, 0) is 0 Å². The van der Waals surface area contributed by atoms with Crippen molar-refractivity contribution in [3.05, 3.63) is 23.8 Å². The number of hydrogen-bond acceptors (Lipinski definition) is 4. The van der Waals surface area contributed by atoms with Crippen LogP contribution in [0, 0.1) is 12.3 Å². The molecule has 0 aliphatic carbocycles. The molecule has 0 saturated carbocycles. The molecule has 0 atom stereocenters. The number of hydrogen-bond donors (Lipinski definition) is 3. The molecule has 1 aromatic heterocycles. The number of aromatic amines is 1. The first-order chi connectivity index (χ1) is 5.72. The van der Waals surface area contributed by atoms with Crippen molar-refractivity contribution in [3.63, 3.8) is 0 Å². The van der Waals surface area contributed by atoms with E-state index in [0.29, 0.717) is 17.9 Å². The highest BCUT2D eigenvalue weighted by atomic mass is 32.2. The van der Waals surface area contributed by atoms with Gasteiger partial charge in [0, 0.05) is 23.9 Å². The normalized spacial score (nSPS) is 10.8. The first-order valence-corrected chi connectivity index (χ1v) is 4.09. The molecule has 4 nitrogen and oxygen atoms in total. The predicted molar refractivity (Wildman–Crippen MR) is 50.3 cm³/mol. The molecule has 0 aromatic carbocycles. The minimum Gasteiger partial charge on any atom is -0.343 e. The van der Waals surface area contributed by atoms with Crippen LogP contribution in [-0.4, -0.2) is 19.6 Å². The molecule has 0 unspecified atom stereocenters. The highest BCUT2D eigenvalue weighted by molar-refractivity contribution is 8.09. The minimum absolute atomic E-state index is 0.0871. The van der Waals surface area contributed by atoms with Crippen molar-refractivity contribution < 1.29 is 4.55 Å². The largest absolute Gasteiger partial charge is 0.343 e. The molecule has 0 saturated heterocycles. The first kappa shape index (κ1) is 9.02.